The summed E-state index contributed by atoms with van der Waals surface area (Å²) in [7, 11) is -2.11. The van der Waals surface area contributed by atoms with Gasteiger partial charge in [0.15, 0.2) is 0 Å². The van der Waals surface area contributed by atoms with Crippen LogP contribution in [0.2, 0.25) is 0 Å². The lowest BCUT2D eigenvalue weighted by atomic mass is 9.90. The number of hydrogen-bond donors (Lipinski definition) is 0. The maximum Gasteiger partial charge on any atom is 0.605 e. The molecule has 3 nitrogen and oxygen atoms in total. The minimum absolute atomic E-state index is 0.932. The molecule has 0 saturated carbocycles. The Bertz CT molecular complexity index is 1810. The van der Waals surface area contributed by atoms with E-state index in [9.17, 15) is 0 Å². The number of rotatable bonds is 2. The average Bonchev–Trinajstić information content (AvgIpc) is 3.03. The normalized spacial score (nSPS) is 12.9. The van der Waals surface area contributed by atoms with E-state index in [0.717, 1.165) is 77.7 Å². The highest BCUT2D eigenvalue weighted by atomic mass is 31.1. The van der Waals surface area contributed by atoms with E-state index in [0.29, 0.717) is 0 Å². The largest absolute Gasteiger partial charge is 0.605 e. The van der Waals surface area contributed by atoms with Crippen LogP contribution in [0.5, 0.6) is 0 Å². The summed E-state index contributed by atoms with van der Waals surface area (Å²) in [5.74, 6) is 0. The molecule has 0 unspecified atom stereocenters. The molecule has 1 aliphatic heterocycles. The molecule has 1 aliphatic rings. The summed E-state index contributed by atoms with van der Waals surface area (Å²) < 4.78 is 19.3. The smallest absolute Gasteiger partial charge is 0.112 e. The van der Waals surface area contributed by atoms with Crippen molar-refractivity contribution in [1.29, 1.82) is 0 Å². The van der Waals surface area contributed by atoms with Crippen LogP contribution in [0.3, 0.4) is 0 Å². The van der Waals surface area contributed by atoms with Crippen LogP contribution in [0.1, 0.15) is 22.3 Å². The van der Waals surface area contributed by atoms with Gasteiger partial charge in [-0.2, -0.15) is 0 Å². The summed E-state index contributed by atoms with van der Waals surface area (Å²) >= 11 is 0. The molecule has 0 fully saturated rings. The summed E-state index contributed by atoms with van der Waals surface area (Å²) in [4.78, 5) is 0. The molecule has 1 heterocycles. The molecule has 194 valence electrons. The Kier molecular flexibility index (Phi) is 5.73. The van der Waals surface area contributed by atoms with E-state index in [1.807, 2.05) is 0 Å². The van der Waals surface area contributed by atoms with Crippen LogP contribution in [-0.2, 0) is 4.57 Å². The number of fused-ring (bicyclic) bond motifs is 7. The fourth-order valence-electron chi connectivity index (χ4n) is 6.29. The predicted molar refractivity (Wildman–Crippen MR) is 171 cm³/mol. The van der Waals surface area contributed by atoms with Gasteiger partial charge < -0.3 is 0 Å². The number of nitrogens with zero attached hydrogens (tertiary/aromatic N) is 2. The Labute approximate surface area is 236 Å². The Morgan fingerprint density at radius 2 is 0.850 bits per heavy atom. The second-order valence-corrected chi connectivity index (χ2v) is 12.2. The van der Waals surface area contributed by atoms with E-state index in [1.165, 1.54) is 0 Å². The minimum Gasteiger partial charge on any atom is -0.112 e. The van der Waals surface area contributed by atoms with E-state index >= 15 is 4.57 Å². The number of aryl methyl sites for hydroxylation is 4. The van der Waals surface area contributed by atoms with Crippen LogP contribution in [0.4, 0.5) is 22.7 Å². The predicted octanol–water partition coefficient (Wildman–Crippen LogP) is 10.8. The third-order valence-corrected chi connectivity index (χ3v) is 9.34. The van der Waals surface area contributed by atoms with Gasteiger partial charge in [0.05, 0.1) is 11.4 Å². The van der Waals surface area contributed by atoms with Gasteiger partial charge in [0.2, 0.25) is 0 Å². The highest BCUT2D eigenvalue weighted by Crippen LogP contribution is 2.60. The van der Waals surface area contributed by atoms with Crippen LogP contribution in [0, 0.1) is 27.7 Å². The number of hydrogen-bond acceptors (Lipinski definition) is 1. The number of anilines is 4. The molecule has 7 rings (SSSR count). The van der Waals surface area contributed by atoms with E-state index in [-0.39, 0.29) is 0 Å². The van der Waals surface area contributed by atoms with Crippen molar-refractivity contribution in [3.8, 4) is 11.1 Å². The zero-order chi connectivity index (χ0) is 27.5. The molecular weight excluding hydrogens is 507 g/mol. The van der Waals surface area contributed by atoms with Crippen molar-refractivity contribution in [2.75, 3.05) is 9.34 Å². The molecular formula is C36H30N2OP+. The van der Waals surface area contributed by atoms with Crippen LogP contribution in [-0.4, -0.2) is 0 Å². The van der Waals surface area contributed by atoms with Crippen molar-refractivity contribution in [3.63, 3.8) is 0 Å². The molecule has 0 spiro atoms. The third-order valence-electron chi connectivity index (χ3n) is 7.76. The highest BCUT2D eigenvalue weighted by molar-refractivity contribution is 7.49. The van der Waals surface area contributed by atoms with Gasteiger partial charge in [-0.25, -0.2) is 0 Å². The van der Waals surface area contributed by atoms with Gasteiger partial charge in [-0.3, -0.25) is 0 Å². The fourth-order valence-corrected chi connectivity index (χ4v) is 7.80. The number of benzene rings is 6. The lowest BCUT2D eigenvalue weighted by molar-refractivity contribution is 0.588. The zero-order valence-electron chi connectivity index (χ0n) is 23.1. The van der Waals surface area contributed by atoms with Crippen LogP contribution < -0.4 is 9.34 Å². The summed E-state index contributed by atoms with van der Waals surface area (Å²) in [6.07, 6.45) is 0. The van der Waals surface area contributed by atoms with Crippen LogP contribution in [0.15, 0.2) is 109 Å². The van der Waals surface area contributed by atoms with E-state index in [1.54, 1.807) is 0 Å². The quantitative estimate of drug-likeness (QED) is 0.205. The van der Waals surface area contributed by atoms with Gasteiger partial charge in [0, 0.05) is 11.1 Å². The molecule has 4 heteroatoms. The van der Waals surface area contributed by atoms with Crippen molar-refractivity contribution in [3.05, 3.63) is 131 Å². The lowest BCUT2D eigenvalue weighted by Gasteiger charge is -2.20. The monoisotopic (exact) mass is 537 g/mol. The van der Waals surface area contributed by atoms with E-state index < -0.39 is 8.10 Å². The first-order valence-corrected chi connectivity index (χ1v) is 14.8. The van der Waals surface area contributed by atoms with Crippen molar-refractivity contribution < 1.29 is 4.57 Å². The Balaban J connectivity index is 1.68. The zero-order valence-corrected chi connectivity index (χ0v) is 24.0. The molecule has 0 atom stereocenters. The van der Waals surface area contributed by atoms with Gasteiger partial charge in [0.1, 0.15) is 11.4 Å². The van der Waals surface area contributed by atoms with Crippen molar-refractivity contribution in [1.82, 2.24) is 0 Å². The average molecular weight is 538 g/mol. The molecule has 40 heavy (non-hydrogen) atoms. The molecule has 0 aliphatic carbocycles. The molecule has 0 N–H and O–H groups in total. The van der Waals surface area contributed by atoms with Gasteiger partial charge >= 0.3 is 8.10 Å². The Morgan fingerprint density at radius 3 is 1.25 bits per heavy atom. The highest BCUT2D eigenvalue weighted by Gasteiger charge is 2.46. The maximum absolute atomic E-state index is 15.2. The second kappa shape index (κ2) is 9.33. The standard InChI is InChI=1S/C36H30N2OP/c1-23-17-24(2)20-29(19-23)37-33-15-13-27-9-5-7-11-31(27)35(33)36-32-12-8-6-10-28(32)14-16-34(36)38(40(37)39)30-21-25(3)18-26(4)22-30/h5-22H,1-4H3/q+1. The second-order valence-electron chi connectivity index (χ2n) is 10.9. The summed E-state index contributed by atoms with van der Waals surface area (Å²) in [5.41, 5.74) is 10.6. The van der Waals surface area contributed by atoms with E-state index in [4.69, 9.17) is 0 Å². The molecule has 6 aromatic rings. The van der Waals surface area contributed by atoms with Gasteiger partial charge in [-0.15, -0.1) is 9.34 Å². The van der Waals surface area contributed by atoms with Gasteiger partial charge in [-0.1, -0.05) is 72.8 Å². The Hall–Kier alpha value is -4.46. The SMILES string of the molecule is Cc1cc(C)cc(N2c3ccc4ccccc4c3-c3c(ccc4ccccc34)N(c3cc(C)cc(C)c3)[P+]2=O)c1. The Morgan fingerprint density at radius 1 is 0.475 bits per heavy atom. The summed E-state index contributed by atoms with van der Waals surface area (Å²) in [6.45, 7) is 8.42. The van der Waals surface area contributed by atoms with Gasteiger partial charge in [0.25, 0.3) is 0 Å². The topological polar surface area (TPSA) is 23.6 Å². The van der Waals surface area contributed by atoms with Gasteiger partial charge in [-0.05, 0) is 112 Å². The molecule has 0 saturated heterocycles. The van der Waals surface area contributed by atoms with Crippen molar-refractivity contribution in [2.24, 2.45) is 0 Å². The first-order valence-electron chi connectivity index (χ1n) is 13.7. The van der Waals surface area contributed by atoms with Crippen molar-refractivity contribution >= 4 is 52.4 Å². The fraction of sp³-hybridized carbons (Fsp3) is 0.111. The van der Waals surface area contributed by atoms with E-state index in [2.05, 4.69) is 146 Å². The molecule has 0 amide bonds. The minimum atomic E-state index is -2.11. The third kappa shape index (κ3) is 3.89. The van der Waals surface area contributed by atoms with Crippen LogP contribution >= 0.6 is 8.10 Å². The van der Waals surface area contributed by atoms with Crippen LogP contribution in [0.25, 0.3) is 32.7 Å². The summed E-state index contributed by atoms with van der Waals surface area (Å²) in [5, 5.41) is 4.63. The lowest BCUT2D eigenvalue weighted by Crippen LogP contribution is -2.17. The molecule has 0 radical (unpaired) electrons. The molecule has 0 aromatic heterocycles. The maximum atomic E-state index is 15.2. The molecule has 0 bridgehead atoms. The summed E-state index contributed by atoms with van der Waals surface area (Å²) in [6, 6.07) is 38.6. The van der Waals surface area contributed by atoms with Crippen molar-refractivity contribution in [2.45, 2.75) is 27.7 Å². The first-order chi connectivity index (χ1) is 19.4. The molecule has 6 aromatic carbocycles. The first kappa shape index (κ1) is 24.6.